The fraction of sp³-hybridized carbons (Fsp3) is 0.214. The predicted molar refractivity (Wildman–Crippen MR) is 71.3 cm³/mol. The van der Waals surface area contributed by atoms with Crippen molar-refractivity contribution in [3.05, 3.63) is 46.3 Å². The first-order valence-electron chi connectivity index (χ1n) is 5.84. The maximum Gasteiger partial charge on any atom is 0.101 e. The molecule has 1 heterocycles. The number of aryl methyl sites for hydroxylation is 2. The summed E-state index contributed by atoms with van der Waals surface area (Å²) in [5.41, 5.74) is 4.69. The summed E-state index contributed by atoms with van der Waals surface area (Å²) in [7, 11) is 0. The van der Waals surface area contributed by atoms with Crippen LogP contribution in [0.15, 0.2) is 18.2 Å². The van der Waals surface area contributed by atoms with Gasteiger partial charge in [-0.2, -0.15) is 15.6 Å². The minimum Gasteiger partial charge on any atom is -0.381 e. The van der Waals surface area contributed by atoms with Gasteiger partial charge < -0.3 is 5.32 Å². The highest BCUT2D eigenvalue weighted by molar-refractivity contribution is 5.56. The van der Waals surface area contributed by atoms with Gasteiger partial charge in [0.25, 0.3) is 0 Å². The van der Waals surface area contributed by atoms with Crippen molar-refractivity contribution < 1.29 is 0 Å². The van der Waals surface area contributed by atoms with E-state index in [1.165, 1.54) is 0 Å². The molecule has 0 aliphatic heterocycles. The average Bonchev–Trinajstić information content (AvgIpc) is 2.75. The number of rotatable bonds is 3. The van der Waals surface area contributed by atoms with Gasteiger partial charge in [-0.05, 0) is 32.0 Å². The quantitative estimate of drug-likeness (QED) is 0.876. The third kappa shape index (κ3) is 2.56. The molecule has 5 heteroatoms. The van der Waals surface area contributed by atoms with Gasteiger partial charge in [0.15, 0.2) is 0 Å². The number of aromatic amines is 1. The number of nitrogens with one attached hydrogen (secondary N) is 2. The topological polar surface area (TPSA) is 88.3 Å². The zero-order chi connectivity index (χ0) is 13.8. The summed E-state index contributed by atoms with van der Waals surface area (Å²) in [5, 5.41) is 28.1. The molecule has 94 valence electrons. The van der Waals surface area contributed by atoms with Crippen LogP contribution in [-0.2, 0) is 6.54 Å². The molecule has 0 saturated carbocycles. The molecule has 1 aromatic heterocycles. The molecule has 5 nitrogen and oxygen atoms in total. The lowest BCUT2D eigenvalue weighted by Crippen LogP contribution is -2.02. The second-order valence-electron chi connectivity index (χ2n) is 4.25. The second-order valence-corrected chi connectivity index (χ2v) is 4.25. The van der Waals surface area contributed by atoms with Gasteiger partial charge >= 0.3 is 0 Å². The molecular weight excluding hydrogens is 238 g/mol. The van der Waals surface area contributed by atoms with Crippen LogP contribution in [0.1, 0.15) is 28.1 Å². The van der Waals surface area contributed by atoms with E-state index in [1.807, 2.05) is 26.0 Å². The van der Waals surface area contributed by atoms with E-state index in [2.05, 4.69) is 15.5 Å². The van der Waals surface area contributed by atoms with Crippen LogP contribution in [0.2, 0.25) is 0 Å². The molecule has 0 spiro atoms. The fourth-order valence-corrected chi connectivity index (χ4v) is 1.87. The lowest BCUT2D eigenvalue weighted by atomic mass is 10.1. The summed E-state index contributed by atoms with van der Waals surface area (Å²) in [5.74, 6) is 0. The molecular formula is C14H13N5. The molecule has 0 amide bonds. The second kappa shape index (κ2) is 5.24. The third-order valence-electron chi connectivity index (χ3n) is 3.01. The summed E-state index contributed by atoms with van der Waals surface area (Å²) >= 11 is 0. The van der Waals surface area contributed by atoms with Crippen LogP contribution in [0.4, 0.5) is 5.69 Å². The van der Waals surface area contributed by atoms with Gasteiger partial charge in [0.1, 0.15) is 12.1 Å². The number of hydrogen-bond acceptors (Lipinski definition) is 4. The van der Waals surface area contributed by atoms with Gasteiger partial charge in [0.2, 0.25) is 0 Å². The Labute approximate surface area is 111 Å². The van der Waals surface area contributed by atoms with Crippen molar-refractivity contribution in [1.29, 1.82) is 10.5 Å². The molecule has 0 atom stereocenters. The zero-order valence-corrected chi connectivity index (χ0v) is 10.8. The highest BCUT2D eigenvalue weighted by atomic mass is 15.1. The van der Waals surface area contributed by atoms with Gasteiger partial charge in [-0.3, -0.25) is 5.10 Å². The van der Waals surface area contributed by atoms with Crippen LogP contribution >= 0.6 is 0 Å². The molecule has 19 heavy (non-hydrogen) atoms. The van der Waals surface area contributed by atoms with Crippen LogP contribution in [0.3, 0.4) is 0 Å². The minimum absolute atomic E-state index is 0.383. The van der Waals surface area contributed by atoms with E-state index in [9.17, 15) is 0 Å². The van der Waals surface area contributed by atoms with Gasteiger partial charge in [-0.15, -0.1) is 0 Å². The third-order valence-corrected chi connectivity index (χ3v) is 3.01. The first-order valence-corrected chi connectivity index (χ1v) is 5.84. The summed E-state index contributed by atoms with van der Waals surface area (Å²) in [4.78, 5) is 0. The van der Waals surface area contributed by atoms with Gasteiger partial charge in [-0.1, -0.05) is 0 Å². The van der Waals surface area contributed by atoms with E-state index in [0.29, 0.717) is 17.7 Å². The van der Waals surface area contributed by atoms with E-state index < -0.39 is 0 Å². The van der Waals surface area contributed by atoms with Crippen molar-refractivity contribution in [3.63, 3.8) is 0 Å². The number of nitrogens with zero attached hydrogens (tertiary/aromatic N) is 3. The number of nitriles is 2. The highest BCUT2D eigenvalue weighted by Gasteiger charge is 2.07. The molecule has 0 fully saturated rings. The maximum absolute atomic E-state index is 8.97. The van der Waals surface area contributed by atoms with Crippen LogP contribution in [-0.4, -0.2) is 10.2 Å². The Morgan fingerprint density at radius 3 is 2.53 bits per heavy atom. The Morgan fingerprint density at radius 1 is 1.21 bits per heavy atom. The molecule has 2 N–H and O–H groups in total. The van der Waals surface area contributed by atoms with Crippen molar-refractivity contribution in [2.45, 2.75) is 20.4 Å². The Hall–Kier alpha value is -2.79. The molecule has 1 aromatic carbocycles. The van der Waals surface area contributed by atoms with E-state index in [1.54, 1.807) is 18.2 Å². The summed E-state index contributed by atoms with van der Waals surface area (Å²) in [6.07, 6.45) is 0. The maximum atomic E-state index is 8.97. The van der Waals surface area contributed by atoms with E-state index in [-0.39, 0.29) is 0 Å². The summed E-state index contributed by atoms with van der Waals surface area (Å²) in [6.45, 7) is 4.54. The zero-order valence-electron chi connectivity index (χ0n) is 10.8. The Kier molecular flexibility index (Phi) is 3.49. The molecule has 0 saturated heterocycles. The predicted octanol–water partition coefficient (Wildman–Crippen LogP) is 2.38. The number of H-pyrrole nitrogens is 1. The highest BCUT2D eigenvalue weighted by Crippen LogP contribution is 2.17. The van der Waals surface area contributed by atoms with E-state index in [0.717, 1.165) is 22.6 Å². The smallest absolute Gasteiger partial charge is 0.101 e. The lowest BCUT2D eigenvalue weighted by Gasteiger charge is -2.07. The Balaban J connectivity index is 2.18. The van der Waals surface area contributed by atoms with Gasteiger partial charge in [0, 0.05) is 23.5 Å². The van der Waals surface area contributed by atoms with Crippen molar-refractivity contribution >= 4 is 5.69 Å². The SMILES string of the molecule is Cc1n[nH]c(C)c1CNc1ccc(C#N)c(C#N)c1. The monoisotopic (exact) mass is 251 g/mol. The van der Waals surface area contributed by atoms with Crippen molar-refractivity contribution in [3.8, 4) is 12.1 Å². The average molecular weight is 251 g/mol. The first kappa shape index (κ1) is 12.7. The number of benzene rings is 1. The van der Waals surface area contributed by atoms with Crippen LogP contribution in [0.5, 0.6) is 0 Å². The van der Waals surface area contributed by atoms with Crippen LogP contribution < -0.4 is 5.32 Å². The molecule has 0 bridgehead atoms. The number of anilines is 1. The molecule has 0 aliphatic carbocycles. The van der Waals surface area contributed by atoms with Gasteiger partial charge in [-0.25, -0.2) is 0 Å². The van der Waals surface area contributed by atoms with Crippen molar-refractivity contribution in [1.82, 2.24) is 10.2 Å². The normalized spacial score (nSPS) is 9.68. The Bertz CT molecular complexity index is 665. The van der Waals surface area contributed by atoms with Crippen LogP contribution in [0.25, 0.3) is 0 Å². The van der Waals surface area contributed by atoms with Crippen molar-refractivity contribution in [2.24, 2.45) is 0 Å². The molecule has 0 radical (unpaired) electrons. The molecule has 2 rings (SSSR count). The lowest BCUT2D eigenvalue weighted by molar-refractivity contribution is 1.02. The Morgan fingerprint density at radius 2 is 1.95 bits per heavy atom. The first-order chi connectivity index (χ1) is 9.15. The summed E-state index contributed by atoms with van der Waals surface area (Å²) in [6, 6.07) is 9.15. The standard InChI is InChI=1S/C14H13N5/c1-9-14(10(2)19-18-9)8-17-13-4-3-11(6-15)12(5-13)7-16/h3-5,17H,8H2,1-2H3,(H,18,19). The van der Waals surface area contributed by atoms with E-state index >= 15 is 0 Å². The van der Waals surface area contributed by atoms with Crippen molar-refractivity contribution in [2.75, 3.05) is 5.32 Å². The van der Waals surface area contributed by atoms with Gasteiger partial charge in [0.05, 0.1) is 16.8 Å². The molecule has 2 aromatic rings. The van der Waals surface area contributed by atoms with Crippen LogP contribution in [0, 0.1) is 36.5 Å². The fourth-order valence-electron chi connectivity index (χ4n) is 1.87. The van der Waals surface area contributed by atoms with E-state index in [4.69, 9.17) is 10.5 Å². The summed E-state index contributed by atoms with van der Waals surface area (Å²) < 4.78 is 0. The number of hydrogen-bond donors (Lipinski definition) is 2. The molecule has 0 unspecified atom stereocenters. The molecule has 0 aliphatic rings. The minimum atomic E-state index is 0.383. The number of aromatic nitrogens is 2. The largest absolute Gasteiger partial charge is 0.381 e.